The molecule has 24 heavy (non-hydrogen) atoms. The third-order valence-electron chi connectivity index (χ3n) is 6.77. The normalized spacial score (nSPS) is 25.0. The van der Waals surface area contributed by atoms with Crippen LogP contribution < -0.4 is 5.46 Å². The van der Waals surface area contributed by atoms with Gasteiger partial charge in [-0.05, 0) is 0 Å². The van der Waals surface area contributed by atoms with Crippen molar-refractivity contribution in [2.24, 2.45) is 5.92 Å². The van der Waals surface area contributed by atoms with Gasteiger partial charge >= 0.3 is 155 Å². The van der Waals surface area contributed by atoms with E-state index in [1.165, 1.54) is 44.9 Å². The summed E-state index contributed by atoms with van der Waals surface area (Å²) in [5.41, 5.74) is 5.22. The molecule has 2 heteroatoms. The third kappa shape index (κ3) is 3.66. The van der Waals surface area contributed by atoms with Gasteiger partial charge in [-0.25, -0.2) is 0 Å². The Morgan fingerprint density at radius 1 is 1.12 bits per heavy atom. The van der Waals surface area contributed by atoms with E-state index in [2.05, 4.69) is 52.9 Å². The van der Waals surface area contributed by atoms with Gasteiger partial charge in [-0.3, -0.25) is 0 Å². The molecule has 1 aliphatic carbocycles. The molecule has 3 rings (SSSR count). The Morgan fingerprint density at radius 3 is 2.54 bits per heavy atom. The molecule has 0 N–H and O–H groups in total. The Hall–Kier alpha value is -0.176. The SMILES string of the molecule is CCC/C(B1c2ccccc2CC2CCCCC12)=[C](\C)[Sn]([CH3])([CH3])[CH3]. The molecular weight excluding hydrogens is 394 g/mol. The maximum absolute atomic E-state index is 2.60. The van der Waals surface area contributed by atoms with Gasteiger partial charge in [0.1, 0.15) is 0 Å². The Kier molecular flexibility index (Phi) is 5.89. The average molecular weight is 429 g/mol. The van der Waals surface area contributed by atoms with Crippen LogP contribution in [0.15, 0.2) is 33.3 Å². The molecule has 0 radical (unpaired) electrons. The predicted molar refractivity (Wildman–Crippen MR) is 112 cm³/mol. The van der Waals surface area contributed by atoms with Crippen LogP contribution in [0, 0.1) is 5.92 Å². The molecule has 1 fully saturated rings. The molecule has 130 valence electrons. The van der Waals surface area contributed by atoms with Crippen LogP contribution in [0.4, 0.5) is 0 Å². The Bertz CT molecular complexity index is 611. The second-order valence-corrected chi connectivity index (χ2v) is 24.2. The first-order valence-corrected chi connectivity index (χ1v) is 20.2. The Labute approximate surface area is 154 Å². The number of rotatable bonds is 4. The van der Waals surface area contributed by atoms with E-state index in [-0.39, 0.29) is 0 Å². The molecule has 0 spiro atoms. The molecule has 0 bridgehead atoms. The standard InChI is InChI=1S/C19H26B.3CH3.Sn/c1-3-9-17(4-2)20-18-12-7-5-10-15(18)14-16-11-6-8-13-19(16)20;;;;/h5,7,10,12,16,19H,3,6,8-9,11,13-14H2,1-2H3;3*1H3;. The van der Waals surface area contributed by atoms with E-state index in [9.17, 15) is 0 Å². The average Bonchev–Trinajstić information content (AvgIpc) is 2.56. The van der Waals surface area contributed by atoms with Crippen molar-refractivity contribution in [3.63, 3.8) is 0 Å². The van der Waals surface area contributed by atoms with Crippen molar-refractivity contribution < 1.29 is 0 Å². The molecule has 2 atom stereocenters. The van der Waals surface area contributed by atoms with Crippen molar-refractivity contribution in [1.29, 1.82) is 0 Å². The zero-order valence-corrected chi connectivity index (χ0v) is 19.3. The molecule has 0 saturated heterocycles. The number of hydrogen-bond acceptors (Lipinski definition) is 0. The molecule has 1 aromatic carbocycles. The van der Waals surface area contributed by atoms with Gasteiger partial charge in [0, 0.05) is 0 Å². The third-order valence-corrected chi connectivity index (χ3v) is 14.1. The first kappa shape index (κ1) is 18.6. The van der Waals surface area contributed by atoms with Gasteiger partial charge in [0.2, 0.25) is 0 Å². The molecule has 2 aliphatic rings. The van der Waals surface area contributed by atoms with Crippen molar-refractivity contribution in [2.75, 3.05) is 0 Å². The molecule has 1 saturated carbocycles. The van der Waals surface area contributed by atoms with Gasteiger partial charge < -0.3 is 0 Å². The van der Waals surface area contributed by atoms with Crippen LogP contribution in [0.25, 0.3) is 0 Å². The summed E-state index contributed by atoms with van der Waals surface area (Å²) in [6.07, 6.45) is 9.80. The molecule has 1 aromatic rings. The van der Waals surface area contributed by atoms with E-state index in [0.717, 1.165) is 18.4 Å². The summed E-state index contributed by atoms with van der Waals surface area (Å²) in [5, 5.41) is 0. The quantitative estimate of drug-likeness (QED) is 0.513. The van der Waals surface area contributed by atoms with Crippen LogP contribution in [-0.4, -0.2) is 25.1 Å². The zero-order chi connectivity index (χ0) is 17.3. The van der Waals surface area contributed by atoms with E-state index in [1.54, 1.807) is 11.0 Å². The first-order chi connectivity index (χ1) is 11.4. The molecule has 0 nitrogen and oxygen atoms in total. The summed E-state index contributed by atoms with van der Waals surface area (Å²) in [7, 11) is 0. The Balaban J connectivity index is 2.13. The van der Waals surface area contributed by atoms with Gasteiger partial charge in [-0.2, -0.15) is 0 Å². The number of benzene rings is 1. The molecule has 2 unspecified atom stereocenters. The maximum atomic E-state index is 2.60. The van der Waals surface area contributed by atoms with Crippen molar-refractivity contribution in [2.45, 2.75) is 79.4 Å². The first-order valence-electron chi connectivity index (χ1n) is 10.2. The van der Waals surface area contributed by atoms with Crippen LogP contribution in [0.2, 0.25) is 20.6 Å². The van der Waals surface area contributed by atoms with E-state index < -0.39 is 18.4 Å². The van der Waals surface area contributed by atoms with E-state index >= 15 is 0 Å². The van der Waals surface area contributed by atoms with Crippen LogP contribution in [0.5, 0.6) is 0 Å². The second-order valence-electron chi connectivity index (χ2n) is 9.24. The summed E-state index contributed by atoms with van der Waals surface area (Å²) in [6, 6.07) is 9.44. The van der Waals surface area contributed by atoms with Gasteiger partial charge in [-0.1, -0.05) is 0 Å². The zero-order valence-electron chi connectivity index (χ0n) is 16.5. The molecular formula is C22H35BSn. The van der Waals surface area contributed by atoms with Crippen LogP contribution >= 0.6 is 0 Å². The van der Waals surface area contributed by atoms with Gasteiger partial charge in [0.25, 0.3) is 0 Å². The Morgan fingerprint density at radius 2 is 1.83 bits per heavy atom. The monoisotopic (exact) mass is 430 g/mol. The van der Waals surface area contributed by atoms with E-state index in [0.29, 0.717) is 0 Å². The molecule has 1 aliphatic heterocycles. The van der Waals surface area contributed by atoms with Crippen LogP contribution in [0.1, 0.15) is 57.9 Å². The number of fused-ring (bicyclic) bond motifs is 2. The van der Waals surface area contributed by atoms with Gasteiger partial charge in [0.05, 0.1) is 0 Å². The topological polar surface area (TPSA) is 0 Å². The van der Waals surface area contributed by atoms with E-state index in [1.807, 2.05) is 9.06 Å². The predicted octanol–water partition coefficient (Wildman–Crippen LogP) is 6.04. The van der Waals surface area contributed by atoms with Crippen molar-refractivity contribution in [3.05, 3.63) is 38.9 Å². The second kappa shape index (κ2) is 7.60. The van der Waals surface area contributed by atoms with Crippen LogP contribution in [0.3, 0.4) is 0 Å². The molecule has 0 amide bonds. The molecule has 1 heterocycles. The summed E-state index contributed by atoms with van der Waals surface area (Å²) >= 11 is -2.02. The van der Waals surface area contributed by atoms with E-state index in [4.69, 9.17) is 0 Å². The minimum atomic E-state index is -2.02. The fourth-order valence-electron chi connectivity index (χ4n) is 5.24. The van der Waals surface area contributed by atoms with Crippen molar-refractivity contribution >= 4 is 30.6 Å². The fraction of sp³-hybridized carbons (Fsp3) is 0.636. The van der Waals surface area contributed by atoms with Crippen molar-refractivity contribution in [3.8, 4) is 0 Å². The minimum absolute atomic E-state index is 0.733. The number of allylic oxidation sites excluding steroid dienone is 2. The summed E-state index contributed by atoms with van der Waals surface area (Å²) in [4.78, 5) is 7.81. The van der Waals surface area contributed by atoms with Crippen LogP contribution in [-0.2, 0) is 6.42 Å². The van der Waals surface area contributed by atoms with Gasteiger partial charge in [-0.15, -0.1) is 0 Å². The van der Waals surface area contributed by atoms with Gasteiger partial charge in [0.15, 0.2) is 0 Å². The molecule has 0 aromatic heterocycles. The summed E-state index contributed by atoms with van der Waals surface area (Å²) in [5.74, 6) is 1.85. The summed E-state index contributed by atoms with van der Waals surface area (Å²) in [6.45, 7) is 5.62. The number of hydrogen-bond donors (Lipinski definition) is 0. The fourth-order valence-corrected chi connectivity index (χ4v) is 8.79. The summed E-state index contributed by atoms with van der Waals surface area (Å²) < 4.78 is 1.86. The van der Waals surface area contributed by atoms with Crippen molar-refractivity contribution in [1.82, 2.24) is 0 Å².